The van der Waals surface area contributed by atoms with Gasteiger partial charge >= 0.3 is 0 Å². The monoisotopic (exact) mass is 347 g/mol. The quantitative estimate of drug-likeness (QED) is 0.637. The molecule has 0 aliphatic carbocycles. The molecule has 1 heterocycles. The predicted molar refractivity (Wildman–Crippen MR) is 99.6 cm³/mol. The van der Waals surface area contributed by atoms with Crippen LogP contribution >= 0.6 is 23.2 Å². The van der Waals surface area contributed by atoms with Crippen LogP contribution in [-0.2, 0) is 6.42 Å². The van der Waals surface area contributed by atoms with Gasteiger partial charge in [0, 0.05) is 10.0 Å². The molecule has 23 heavy (non-hydrogen) atoms. The highest BCUT2D eigenvalue weighted by Crippen LogP contribution is 2.29. The average Bonchev–Trinajstić information content (AvgIpc) is 3.07. The predicted octanol–water partition coefficient (Wildman–Crippen LogP) is 5.81. The second-order valence-corrected chi connectivity index (χ2v) is 7.23. The minimum atomic E-state index is 0.479. The summed E-state index contributed by atoms with van der Waals surface area (Å²) in [4.78, 5) is 2.58. The summed E-state index contributed by atoms with van der Waals surface area (Å²) in [5, 5.41) is 1.66. The molecule has 3 rings (SSSR count). The molecule has 1 nitrogen and oxygen atoms in total. The smallest absolute Gasteiger partial charge is 0.0438 e. The van der Waals surface area contributed by atoms with Crippen molar-refractivity contribution in [2.45, 2.75) is 31.6 Å². The topological polar surface area (TPSA) is 3.24 Å². The molecule has 0 spiro atoms. The maximum atomic E-state index is 6.38. The van der Waals surface area contributed by atoms with E-state index >= 15 is 0 Å². The van der Waals surface area contributed by atoms with Gasteiger partial charge in [0.05, 0.1) is 0 Å². The Morgan fingerprint density at radius 2 is 1.61 bits per heavy atom. The lowest BCUT2D eigenvalue weighted by Crippen LogP contribution is -2.22. The number of rotatable bonds is 6. The first-order valence-corrected chi connectivity index (χ1v) is 9.19. The van der Waals surface area contributed by atoms with E-state index in [2.05, 4.69) is 29.2 Å². The van der Waals surface area contributed by atoms with Crippen molar-refractivity contribution >= 4 is 23.2 Å². The number of halogens is 2. The van der Waals surface area contributed by atoms with Gasteiger partial charge in [0.15, 0.2) is 0 Å². The fourth-order valence-corrected chi connectivity index (χ4v) is 3.73. The maximum absolute atomic E-state index is 6.38. The SMILES string of the molecule is Clc1ccc([C@@H](CCN2CCCC2)Cc2ccccc2Cl)cc1. The Morgan fingerprint density at radius 3 is 2.30 bits per heavy atom. The molecule has 2 aromatic carbocycles. The Kier molecular flexibility index (Phi) is 5.99. The van der Waals surface area contributed by atoms with Crippen molar-refractivity contribution in [2.75, 3.05) is 19.6 Å². The molecule has 1 aliphatic heterocycles. The zero-order valence-corrected chi connectivity index (χ0v) is 14.9. The normalized spacial score (nSPS) is 16.6. The highest BCUT2D eigenvalue weighted by atomic mass is 35.5. The van der Waals surface area contributed by atoms with Crippen molar-refractivity contribution in [3.05, 3.63) is 69.7 Å². The largest absolute Gasteiger partial charge is 0.303 e. The number of benzene rings is 2. The number of hydrogen-bond acceptors (Lipinski definition) is 1. The molecule has 0 unspecified atom stereocenters. The first kappa shape index (κ1) is 16.8. The molecule has 1 saturated heterocycles. The first-order chi connectivity index (χ1) is 11.2. The zero-order valence-electron chi connectivity index (χ0n) is 13.3. The molecule has 2 aromatic rings. The summed E-state index contributed by atoms with van der Waals surface area (Å²) in [7, 11) is 0. The minimum absolute atomic E-state index is 0.479. The molecule has 0 saturated carbocycles. The van der Waals surface area contributed by atoms with E-state index in [1.54, 1.807) is 0 Å². The van der Waals surface area contributed by atoms with Gasteiger partial charge in [-0.05, 0) is 80.6 Å². The van der Waals surface area contributed by atoms with E-state index in [0.29, 0.717) is 5.92 Å². The third-order valence-electron chi connectivity index (χ3n) is 4.76. The summed E-state index contributed by atoms with van der Waals surface area (Å²) in [6.45, 7) is 3.66. The van der Waals surface area contributed by atoms with Crippen LogP contribution in [0.15, 0.2) is 48.5 Å². The Morgan fingerprint density at radius 1 is 0.913 bits per heavy atom. The highest BCUT2D eigenvalue weighted by molar-refractivity contribution is 6.31. The van der Waals surface area contributed by atoms with Crippen LogP contribution in [0.2, 0.25) is 10.0 Å². The van der Waals surface area contributed by atoms with E-state index in [1.807, 2.05) is 24.3 Å². The van der Waals surface area contributed by atoms with Crippen LogP contribution in [0.25, 0.3) is 0 Å². The van der Waals surface area contributed by atoms with Crippen molar-refractivity contribution in [2.24, 2.45) is 0 Å². The fourth-order valence-electron chi connectivity index (χ4n) is 3.40. The average molecular weight is 348 g/mol. The van der Waals surface area contributed by atoms with Crippen LogP contribution in [0.3, 0.4) is 0 Å². The number of hydrogen-bond donors (Lipinski definition) is 0. The molecule has 0 radical (unpaired) electrons. The van der Waals surface area contributed by atoms with Crippen molar-refractivity contribution < 1.29 is 0 Å². The van der Waals surface area contributed by atoms with Gasteiger partial charge in [0.1, 0.15) is 0 Å². The summed E-state index contributed by atoms with van der Waals surface area (Å²) in [6.07, 6.45) is 4.83. The lowest BCUT2D eigenvalue weighted by atomic mass is 9.89. The van der Waals surface area contributed by atoms with Crippen LogP contribution < -0.4 is 0 Å². The summed E-state index contributed by atoms with van der Waals surface area (Å²) >= 11 is 12.4. The van der Waals surface area contributed by atoms with Crippen molar-refractivity contribution in [1.82, 2.24) is 4.90 Å². The molecule has 0 N–H and O–H groups in total. The van der Waals surface area contributed by atoms with Crippen molar-refractivity contribution in [3.63, 3.8) is 0 Å². The zero-order chi connectivity index (χ0) is 16.1. The molecule has 1 atom stereocenters. The van der Waals surface area contributed by atoms with E-state index in [1.165, 1.54) is 37.1 Å². The summed E-state index contributed by atoms with van der Waals surface area (Å²) in [5.74, 6) is 0.479. The third-order valence-corrected chi connectivity index (χ3v) is 5.38. The molecule has 122 valence electrons. The van der Waals surface area contributed by atoms with Gasteiger partial charge in [0.2, 0.25) is 0 Å². The number of nitrogens with zero attached hydrogens (tertiary/aromatic N) is 1. The molecule has 3 heteroatoms. The van der Waals surface area contributed by atoms with Gasteiger partial charge in [-0.25, -0.2) is 0 Å². The molecule has 0 aromatic heterocycles. The summed E-state index contributed by atoms with van der Waals surface area (Å²) in [5.41, 5.74) is 2.59. The van der Waals surface area contributed by atoms with Gasteiger partial charge < -0.3 is 4.90 Å². The van der Waals surface area contributed by atoms with Gasteiger partial charge in [-0.3, -0.25) is 0 Å². The summed E-state index contributed by atoms with van der Waals surface area (Å²) < 4.78 is 0. The van der Waals surface area contributed by atoms with Crippen LogP contribution in [0.5, 0.6) is 0 Å². The Hall–Kier alpha value is -1.02. The highest BCUT2D eigenvalue weighted by Gasteiger charge is 2.17. The van der Waals surface area contributed by atoms with Gasteiger partial charge in [-0.15, -0.1) is 0 Å². The standard InChI is InChI=1S/C20H23Cl2N/c21-19-9-7-16(8-10-19)17(11-14-23-12-3-4-13-23)15-18-5-1-2-6-20(18)22/h1-2,5-10,17H,3-4,11-15H2/t17-/m0/s1. The molecule has 1 fully saturated rings. The van der Waals surface area contributed by atoms with Crippen LogP contribution in [0, 0.1) is 0 Å². The Balaban J connectivity index is 1.74. The van der Waals surface area contributed by atoms with E-state index in [4.69, 9.17) is 23.2 Å². The molecular weight excluding hydrogens is 325 g/mol. The second-order valence-electron chi connectivity index (χ2n) is 6.38. The lowest BCUT2D eigenvalue weighted by molar-refractivity contribution is 0.321. The second kappa shape index (κ2) is 8.19. The number of likely N-dealkylation sites (tertiary alicyclic amines) is 1. The van der Waals surface area contributed by atoms with Crippen molar-refractivity contribution in [3.8, 4) is 0 Å². The van der Waals surface area contributed by atoms with Gasteiger partial charge in [-0.1, -0.05) is 53.5 Å². The van der Waals surface area contributed by atoms with E-state index < -0.39 is 0 Å². The molecule has 0 bridgehead atoms. The van der Waals surface area contributed by atoms with E-state index in [9.17, 15) is 0 Å². The third kappa shape index (κ3) is 4.73. The van der Waals surface area contributed by atoms with E-state index in [0.717, 1.165) is 29.4 Å². The summed E-state index contributed by atoms with van der Waals surface area (Å²) in [6, 6.07) is 16.5. The molecular formula is C20H23Cl2N. The maximum Gasteiger partial charge on any atom is 0.0438 e. The van der Waals surface area contributed by atoms with Crippen molar-refractivity contribution in [1.29, 1.82) is 0 Å². The first-order valence-electron chi connectivity index (χ1n) is 8.43. The van der Waals surface area contributed by atoms with Crippen LogP contribution in [-0.4, -0.2) is 24.5 Å². The van der Waals surface area contributed by atoms with Crippen LogP contribution in [0.4, 0.5) is 0 Å². The minimum Gasteiger partial charge on any atom is -0.303 e. The molecule has 1 aliphatic rings. The van der Waals surface area contributed by atoms with Gasteiger partial charge in [0.25, 0.3) is 0 Å². The molecule has 0 amide bonds. The van der Waals surface area contributed by atoms with E-state index in [-0.39, 0.29) is 0 Å². The van der Waals surface area contributed by atoms with Gasteiger partial charge in [-0.2, -0.15) is 0 Å². The Labute approximate surface area is 149 Å². The fraction of sp³-hybridized carbons (Fsp3) is 0.400. The lowest BCUT2D eigenvalue weighted by Gasteiger charge is -2.22. The Bertz CT molecular complexity index is 618. The van der Waals surface area contributed by atoms with Crippen LogP contribution in [0.1, 0.15) is 36.3 Å².